The number of hydrogen-bond acceptors (Lipinski definition) is 1. The van der Waals surface area contributed by atoms with Crippen molar-refractivity contribution in [2.75, 3.05) is 0 Å². The van der Waals surface area contributed by atoms with Gasteiger partial charge in [0.15, 0.2) is 0 Å². The Hall–Kier alpha value is -1.31. The molecule has 0 unspecified atom stereocenters. The molecule has 0 atom stereocenters. The predicted molar refractivity (Wildman–Crippen MR) is 47.4 cm³/mol. The normalized spacial score (nSPS) is 12.0. The molecule has 0 amide bonds. The summed E-state index contributed by atoms with van der Waals surface area (Å²) >= 11 is 0. The third-order valence-corrected chi connectivity index (χ3v) is 1.31. The molecule has 1 N–H and O–H groups in total. The fraction of sp³-hybridized carbons (Fsp3) is 0.222. The number of allylic oxidation sites excluding steroid dienone is 1. The minimum Gasteiger partial charge on any atom is -0.343 e. The van der Waals surface area contributed by atoms with E-state index in [1.165, 1.54) is 0 Å². The smallest absolute Gasteiger partial charge is 0.104 e. The summed E-state index contributed by atoms with van der Waals surface area (Å²) in [5, 5.41) is 1.74. The van der Waals surface area contributed by atoms with Crippen LogP contribution in [0, 0.1) is 6.92 Å². The number of nitrogens with one attached hydrogen (secondary N) is 1. The van der Waals surface area contributed by atoms with Crippen molar-refractivity contribution in [3.63, 3.8) is 0 Å². The van der Waals surface area contributed by atoms with Gasteiger partial charge in [-0.25, -0.2) is 4.98 Å². The van der Waals surface area contributed by atoms with Gasteiger partial charge in [0.25, 0.3) is 0 Å². The standard InChI is InChI=1S/C9H12N2/c1-6(2)5-9-7(3)10-8(4)11-9/h5H,1,3H2,2,4H3,(H,10,11)/b9-5+. The van der Waals surface area contributed by atoms with Gasteiger partial charge in [-0.15, -0.1) is 0 Å². The van der Waals surface area contributed by atoms with Crippen LogP contribution in [0.5, 0.6) is 0 Å². The Labute approximate surface area is 66.0 Å². The van der Waals surface area contributed by atoms with Crippen LogP contribution in [0.1, 0.15) is 12.7 Å². The van der Waals surface area contributed by atoms with E-state index in [0.717, 1.165) is 22.1 Å². The summed E-state index contributed by atoms with van der Waals surface area (Å²) < 4.78 is 0. The fourth-order valence-electron chi connectivity index (χ4n) is 0.911. The van der Waals surface area contributed by atoms with Crippen LogP contribution >= 0.6 is 0 Å². The molecule has 0 bridgehead atoms. The van der Waals surface area contributed by atoms with E-state index in [1.54, 1.807) is 0 Å². The average molecular weight is 148 g/mol. The molecule has 2 nitrogen and oxygen atoms in total. The van der Waals surface area contributed by atoms with Crippen molar-refractivity contribution in [3.05, 3.63) is 28.7 Å². The molecule has 0 aliphatic heterocycles. The van der Waals surface area contributed by atoms with Crippen LogP contribution in [0.2, 0.25) is 0 Å². The quantitative estimate of drug-likeness (QED) is 0.616. The van der Waals surface area contributed by atoms with Gasteiger partial charge < -0.3 is 4.98 Å². The molecule has 0 fully saturated rings. The molecule has 1 aromatic heterocycles. The van der Waals surface area contributed by atoms with E-state index in [2.05, 4.69) is 23.1 Å². The highest BCUT2D eigenvalue weighted by Crippen LogP contribution is 1.84. The van der Waals surface area contributed by atoms with E-state index in [-0.39, 0.29) is 0 Å². The molecule has 0 radical (unpaired) electrons. The van der Waals surface area contributed by atoms with Gasteiger partial charge in [-0.2, -0.15) is 0 Å². The third-order valence-electron chi connectivity index (χ3n) is 1.31. The predicted octanol–water partition coefficient (Wildman–Crippen LogP) is 0.485. The Balaban J connectivity index is 3.35. The van der Waals surface area contributed by atoms with Crippen LogP contribution in [0.4, 0.5) is 0 Å². The zero-order valence-electron chi connectivity index (χ0n) is 6.94. The van der Waals surface area contributed by atoms with Gasteiger partial charge in [0.2, 0.25) is 0 Å². The summed E-state index contributed by atoms with van der Waals surface area (Å²) in [5.74, 6) is 0.891. The minimum absolute atomic E-state index is 0.852. The lowest BCUT2D eigenvalue weighted by atomic mass is 10.3. The van der Waals surface area contributed by atoms with E-state index in [4.69, 9.17) is 0 Å². The maximum atomic E-state index is 4.22. The monoisotopic (exact) mass is 148 g/mol. The molecule has 0 aromatic carbocycles. The van der Waals surface area contributed by atoms with E-state index in [9.17, 15) is 0 Å². The first kappa shape index (κ1) is 7.79. The molecule has 1 aromatic rings. The summed E-state index contributed by atoms with van der Waals surface area (Å²) in [4.78, 5) is 7.23. The summed E-state index contributed by atoms with van der Waals surface area (Å²) in [5.41, 5.74) is 0.987. The number of aryl methyl sites for hydroxylation is 1. The zero-order chi connectivity index (χ0) is 8.43. The molecule has 1 heterocycles. The Morgan fingerprint density at radius 2 is 2.27 bits per heavy atom. The van der Waals surface area contributed by atoms with Gasteiger partial charge in [0.1, 0.15) is 5.82 Å². The van der Waals surface area contributed by atoms with E-state index < -0.39 is 0 Å². The molecule has 0 saturated heterocycles. The highest BCUT2D eigenvalue weighted by Gasteiger charge is 1.88. The van der Waals surface area contributed by atoms with Crippen LogP contribution < -0.4 is 10.7 Å². The van der Waals surface area contributed by atoms with Crippen molar-refractivity contribution in [2.24, 2.45) is 0 Å². The number of imidazole rings is 1. The van der Waals surface area contributed by atoms with Crippen molar-refractivity contribution in [1.29, 1.82) is 0 Å². The van der Waals surface area contributed by atoms with Gasteiger partial charge in [-0.05, 0) is 19.9 Å². The van der Waals surface area contributed by atoms with E-state index in [1.807, 2.05) is 19.9 Å². The fourth-order valence-corrected chi connectivity index (χ4v) is 0.911. The number of hydrogen-bond donors (Lipinski definition) is 1. The van der Waals surface area contributed by atoms with Crippen LogP contribution in [-0.2, 0) is 0 Å². The lowest BCUT2D eigenvalue weighted by Gasteiger charge is -1.79. The molecular weight excluding hydrogens is 136 g/mol. The van der Waals surface area contributed by atoms with Gasteiger partial charge in [0, 0.05) is 0 Å². The SMILES string of the molecule is C=C(C)/C=c1/nc(C)[nH]c1=C. The first-order valence-electron chi connectivity index (χ1n) is 3.48. The van der Waals surface area contributed by atoms with Gasteiger partial charge in [0.05, 0.1) is 10.7 Å². The molecule has 0 spiro atoms. The Morgan fingerprint density at radius 3 is 2.64 bits per heavy atom. The number of nitrogens with zero attached hydrogens (tertiary/aromatic N) is 1. The van der Waals surface area contributed by atoms with Gasteiger partial charge in [-0.1, -0.05) is 18.7 Å². The minimum atomic E-state index is 0.852. The number of H-pyrrole nitrogens is 1. The Morgan fingerprint density at radius 1 is 1.64 bits per heavy atom. The maximum Gasteiger partial charge on any atom is 0.104 e. The highest BCUT2D eigenvalue weighted by molar-refractivity contribution is 5.41. The topological polar surface area (TPSA) is 28.7 Å². The molecule has 2 heteroatoms. The van der Waals surface area contributed by atoms with Crippen molar-refractivity contribution >= 4 is 12.7 Å². The molecule has 1 rings (SSSR count). The molecule has 0 saturated carbocycles. The van der Waals surface area contributed by atoms with Crippen LogP contribution in [0.25, 0.3) is 12.7 Å². The molecule has 0 aliphatic rings. The first-order chi connectivity index (χ1) is 5.09. The van der Waals surface area contributed by atoms with Crippen molar-refractivity contribution in [1.82, 2.24) is 9.97 Å². The second kappa shape index (κ2) is 2.74. The third kappa shape index (κ3) is 1.80. The van der Waals surface area contributed by atoms with Crippen LogP contribution in [0.3, 0.4) is 0 Å². The average Bonchev–Trinajstić information content (AvgIpc) is 2.09. The maximum absolute atomic E-state index is 4.22. The summed E-state index contributed by atoms with van der Waals surface area (Å²) in [6.07, 6.45) is 1.91. The van der Waals surface area contributed by atoms with Crippen molar-refractivity contribution < 1.29 is 0 Å². The molecule has 0 aliphatic carbocycles. The zero-order valence-corrected chi connectivity index (χ0v) is 6.94. The van der Waals surface area contributed by atoms with Gasteiger partial charge in [-0.3, -0.25) is 0 Å². The van der Waals surface area contributed by atoms with E-state index in [0.29, 0.717) is 0 Å². The lowest BCUT2D eigenvalue weighted by molar-refractivity contribution is 1.13. The van der Waals surface area contributed by atoms with Crippen molar-refractivity contribution in [3.8, 4) is 0 Å². The second-order valence-corrected chi connectivity index (χ2v) is 2.68. The molecular formula is C9H12N2. The van der Waals surface area contributed by atoms with E-state index >= 15 is 0 Å². The largest absolute Gasteiger partial charge is 0.343 e. The Bertz CT molecular complexity index is 371. The van der Waals surface area contributed by atoms with Crippen LogP contribution in [-0.4, -0.2) is 9.97 Å². The summed E-state index contributed by atoms with van der Waals surface area (Å²) in [6, 6.07) is 0. The van der Waals surface area contributed by atoms with Crippen LogP contribution in [0.15, 0.2) is 12.2 Å². The number of aromatic amines is 1. The first-order valence-corrected chi connectivity index (χ1v) is 3.48. The van der Waals surface area contributed by atoms with Gasteiger partial charge >= 0.3 is 0 Å². The van der Waals surface area contributed by atoms with Crippen molar-refractivity contribution in [2.45, 2.75) is 13.8 Å². The number of aromatic nitrogens is 2. The lowest BCUT2D eigenvalue weighted by Crippen LogP contribution is -2.22. The summed E-state index contributed by atoms with van der Waals surface area (Å²) in [6.45, 7) is 11.4. The second-order valence-electron chi connectivity index (χ2n) is 2.68. The summed E-state index contributed by atoms with van der Waals surface area (Å²) in [7, 11) is 0. The number of rotatable bonds is 1. The highest BCUT2D eigenvalue weighted by atomic mass is 14.9. The Kier molecular flexibility index (Phi) is 1.94. The molecule has 11 heavy (non-hydrogen) atoms. The molecule has 58 valence electrons.